The van der Waals surface area contributed by atoms with E-state index in [1.54, 1.807) is 20.8 Å². The van der Waals surface area contributed by atoms with Crippen molar-refractivity contribution < 1.29 is 39.2 Å². The maximum atomic E-state index is 13.1. The van der Waals surface area contributed by atoms with Gasteiger partial charge >= 0.3 is 5.97 Å². The van der Waals surface area contributed by atoms with Gasteiger partial charge < -0.3 is 20.1 Å². The molecular formula is C22H26O8. The Balaban J connectivity index is 2.28. The summed E-state index contributed by atoms with van der Waals surface area (Å²) in [6.45, 7) is 7.26. The Kier molecular flexibility index (Phi) is 5.05. The van der Waals surface area contributed by atoms with Crippen LogP contribution >= 0.6 is 0 Å². The molecule has 0 heterocycles. The topological polar surface area (TPSA) is 138 Å². The number of carbonyl (C=O) groups excluding carboxylic acids is 4. The lowest BCUT2D eigenvalue weighted by atomic mass is 9.52. The SMILES string of the molecule is CC(=O)O[C@@H]1CC[C@]2(C)C3=C(C(=O)C(O)=C2C1(C)C)C(O)=C([C@H](C)CO)C(=O)C3=O. The molecule has 0 aromatic rings. The smallest absolute Gasteiger partial charge is 0.302 e. The molecule has 3 rings (SSSR count). The van der Waals surface area contributed by atoms with Gasteiger partial charge in [0.2, 0.25) is 17.3 Å². The Morgan fingerprint density at radius 3 is 2.23 bits per heavy atom. The molecule has 3 atom stereocenters. The van der Waals surface area contributed by atoms with Crippen LogP contribution in [-0.4, -0.2) is 51.3 Å². The first-order valence-electron chi connectivity index (χ1n) is 9.84. The van der Waals surface area contributed by atoms with E-state index in [9.17, 15) is 34.5 Å². The number of esters is 1. The number of hydrogen-bond donors (Lipinski definition) is 3. The van der Waals surface area contributed by atoms with Crippen molar-refractivity contribution in [2.24, 2.45) is 16.7 Å². The van der Waals surface area contributed by atoms with E-state index < -0.39 is 64.3 Å². The second-order valence-electron chi connectivity index (χ2n) is 9.00. The van der Waals surface area contributed by atoms with E-state index in [4.69, 9.17) is 4.74 Å². The molecule has 0 saturated heterocycles. The zero-order chi connectivity index (χ0) is 22.8. The standard InChI is InChI=1S/C22H26O8/c1-9(8-23)12-15(25)13-14(18(28)16(12)26)22(5)7-6-11(30-10(2)24)21(3,4)20(22)19(29)17(13)27/h9,11,23,25,29H,6-8H2,1-5H3/t9-,11-,22-/m1/s1. The van der Waals surface area contributed by atoms with Gasteiger partial charge in [-0.25, -0.2) is 0 Å². The molecule has 30 heavy (non-hydrogen) atoms. The minimum atomic E-state index is -1.21. The highest BCUT2D eigenvalue weighted by Crippen LogP contribution is 2.60. The summed E-state index contributed by atoms with van der Waals surface area (Å²) in [5.41, 5.74) is -2.86. The van der Waals surface area contributed by atoms with Gasteiger partial charge in [0.15, 0.2) is 5.76 Å². The van der Waals surface area contributed by atoms with E-state index in [-0.39, 0.29) is 28.7 Å². The number of ether oxygens (including phenoxy) is 1. The van der Waals surface area contributed by atoms with Crippen molar-refractivity contribution in [2.75, 3.05) is 6.61 Å². The third-order valence-electron chi connectivity index (χ3n) is 6.63. The molecule has 3 aliphatic carbocycles. The lowest BCUT2D eigenvalue weighted by Crippen LogP contribution is -2.52. The van der Waals surface area contributed by atoms with Gasteiger partial charge in [-0.05, 0) is 18.4 Å². The Morgan fingerprint density at radius 1 is 1.10 bits per heavy atom. The number of carbonyl (C=O) groups is 4. The number of aliphatic hydroxyl groups is 3. The molecule has 8 heteroatoms. The van der Waals surface area contributed by atoms with Gasteiger partial charge in [-0.15, -0.1) is 0 Å². The average Bonchev–Trinajstić information content (AvgIpc) is 2.64. The van der Waals surface area contributed by atoms with Crippen LogP contribution < -0.4 is 0 Å². The van der Waals surface area contributed by atoms with Gasteiger partial charge in [0.05, 0.1) is 11.1 Å². The summed E-state index contributed by atoms with van der Waals surface area (Å²) < 4.78 is 5.40. The number of fused-ring (bicyclic) bond motifs is 2. The van der Waals surface area contributed by atoms with Crippen LogP contribution in [0.15, 0.2) is 33.8 Å². The summed E-state index contributed by atoms with van der Waals surface area (Å²) in [6, 6.07) is 0. The third kappa shape index (κ3) is 2.77. The molecule has 0 radical (unpaired) electrons. The molecule has 0 aromatic carbocycles. The molecule has 0 spiro atoms. The van der Waals surface area contributed by atoms with Crippen molar-refractivity contribution in [1.82, 2.24) is 0 Å². The van der Waals surface area contributed by atoms with Crippen LogP contribution in [0.25, 0.3) is 0 Å². The molecule has 1 saturated carbocycles. The summed E-state index contributed by atoms with van der Waals surface area (Å²) in [5, 5.41) is 31.1. The molecular weight excluding hydrogens is 392 g/mol. The van der Waals surface area contributed by atoms with Crippen molar-refractivity contribution in [3.63, 3.8) is 0 Å². The van der Waals surface area contributed by atoms with Crippen molar-refractivity contribution in [3.8, 4) is 0 Å². The van der Waals surface area contributed by atoms with Gasteiger partial charge in [0.1, 0.15) is 11.9 Å². The van der Waals surface area contributed by atoms with E-state index in [1.165, 1.54) is 13.8 Å². The van der Waals surface area contributed by atoms with E-state index in [0.717, 1.165) is 0 Å². The largest absolute Gasteiger partial charge is 0.507 e. The number of ketones is 3. The minimum Gasteiger partial charge on any atom is -0.507 e. The molecule has 8 nitrogen and oxygen atoms in total. The first kappa shape index (κ1) is 22.0. The number of hydrogen-bond acceptors (Lipinski definition) is 8. The van der Waals surface area contributed by atoms with Crippen molar-refractivity contribution in [1.29, 1.82) is 0 Å². The molecule has 0 amide bonds. The maximum Gasteiger partial charge on any atom is 0.302 e. The Bertz CT molecular complexity index is 977. The number of Topliss-reactive ketones (excluding diaryl/α,β-unsaturated/α-hetero) is 3. The third-order valence-corrected chi connectivity index (χ3v) is 6.63. The maximum absolute atomic E-state index is 13.1. The zero-order valence-corrected chi connectivity index (χ0v) is 17.7. The summed E-state index contributed by atoms with van der Waals surface area (Å²) >= 11 is 0. The van der Waals surface area contributed by atoms with E-state index in [1.807, 2.05) is 0 Å². The fraction of sp³-hybridized carbons (Fsp3) is 0.545. The fourth-order valence-electron chi connectivity index (χ4n) is 5.24. The number of aliphatic hydroxyl groups excluding tert-OH is 3. The molecule has 1 fully saturated rings. The molecule has 3 aliphatic rings. The van der Waals surface area contributed by atoms with Crippen LogP contribution in [-0.2, 0) is 23.9 Å². The Labute approximate surface area is 173 Å². The van der Waals surface area contributed by atoms with Gasteiger partial charge in [-0.1, -0.05) is 27.7 Å². The summed E-state index contributed by atoms with van der Waals surface area (Å²) in [6.07, 6.45) is -0.0908. The van der Waals surface area contributed by atoms with E-state index in [2.05, 4.69) is 0 Å². The van der Waals surface area contributed by atoms with Crippen LogP contribution in [0.3, 0.4) is 0 Å². The van der Waals surface area contributed by atoms with Crippen molar-refractivity contribution in [2.45, 2.75) is 53.6 Å². The Hall–Kier alpha value is -2.74. The first-order valence-corrected chi connectivity index (χ1v) is 9.84. The monoisotopic (exact) mass is 418 g/mol. The van der Waals surface area contributed by atoms with Gasteiger partial charge in [-0.3, -0.25) is 19.2 Å². The highest BCUT2D eigenvalue weighted by atomic mass is 16.5. The summed E-state index contributed by atoms with van der Waals surface area (Å²) in [4.78, 5) is 50.6. The second kappa shape index (κ2) is 6.91. The highest BCUT2D eigenvalue weighted by molar-refractivity contribution is 6.52. The average molecular weight is 418 g/mol. The molecule has 162 valence electrons. The number of rotatable bonds is 3. The molecule has 0 bridgehead atoms. The predicted octanol–water partition coefficient (Wildman–Crippen LogP) is 2.03. The molecule has 3 N–H and O–H groups in total. The van der Waals surface area contributed by atoms with Crippen LogP contribution in [0.2, 0.25) is 0 Å². The fourth-order valence-corrected chi connectivity index (χ4v) is 5.24. The summed E-state index contributed by atoms with van der Waals surface area (Å²) in [7, 11) is 0. The predicted molar refractivity (Wildman–Crippen MR) is 104 cm³/mol. The van der Waals surface area contributed by atoms with Gasteiger partial charge in [-0.2, -0.15) is 0 Å². The number of allylic oxidation sites excluding steroid dienone is 3. The lowest BCUT2D eigenvalue weighted by Gasteiger charge is -2.52. The van der Waals surface area contributed by atoms with Gasteiger partial charge in [0, 0.05) is 35.9 Å². The normalized spacial score (nSPS) is 29.7. The zero-order valence-electron chi connectivity index (χ0n) is 17.7. The highest BCUT2D eigenvalue weighted by Gasteiger charge is 2.59. The Morgan fingerprint density at radius 2 is 1.70 bits per heavy atom. The molecule has 0 aromatic heterocycles. The lowest BCUT2D eigenvalue weighted by molar-refractivity contribution is -0.154. The minimum absolute atomic E-state index is 0.147. The summed E-state index contributed by atoms with van der Waals surface area (Å²) in [5.74, 6) is -5.53. The van der Waals surface area contributed by atoms with Crippen molar-refractivity contribution in [3.05, 3.63) is 33.8 Å². The van der Waals surface area contributed by atoms with Crippen LogP contribution in [0.4, 0.5) is 0 Å². The quantitative estimate of drug-likeness (QED) is 0.359. The van der Waals surface area contributed by atoms with Crippen LogP contribution in [0.5, 0.6) is 0 Å². The van der Waals surface area contributed by atoms with E-state index in [0.29, 0.717) is 6.42 Å². The molecule has 0 aliphatic heterocycles. The second-order valence-corrected chi connectivity index (χ2v) is 9.00. The van der Waals surface area contributed by atoms with Crippen molar-refractivity contribution >= 4 is 23.3 Å². The first-order chi connectivity index (χ1) is 13.8. The van der Waals surface area contributed by atoms with Gasteiger partial charge in [0.25, 0.3) is 0 Å². The van der Waals surface area contributed by atoms with Crippen LogP contribution in [0.1, 0.15) is 47.5 Å². The van der Waals surface area contributed by atoms with E-state index >= 15 is 0 Å². The van der Waals surface area contributed by atoms with Crippen LogP contribution in [0, 0.1) is 16.7 Å². The molecule has 0 unspecified atom stereocenters.